The van der Waals surface area contributed by atoms with Crippen molar-refractivity contribution in [1.82, 2.24) is 4.90 Å². The van der Waals surface area contributed by atoms with Crippen LogP contribution in [0.5, 0.6) is 5.75 Å². The molecule has 1 aliphatic heterocycles. The van der Waals surface area contributed by atoms with Crippen LogP contribution in [-0.4, -0.2) is 50.4 Å². The van der Waals surface area contributed by atoms with Gasteiger partial charge in [0.25, 0.3) is 5.91 Å². The van der Waals surface area contributed by atoms with Gasteiger partial charge in [0.1, 0.15) is 11.3 Å². The van der Waals surface area contributed by atoms with Crippen LogP contribution in [0.25, 0.3) is 11.0 Å². The van der Waals surface area contributed by atoms with Crippen molar-refractivity contribution >= 4 is 26.7 Å². The van der Waals surface area contributed by atoms with E-state index in [1.807, 2.05) is 19.9 Å². The van der Waals surface area contributed by atoms with Crippen molar-refractivity contribution in [2.75, 3.05) is 25.2 Å². The average Bonchev–Trinajstić information content (AvgIpc) is 3.07. The van der Waals surface area contributed by atoms with Gasteiger partial charge in [0.15, 0.2) is 15.6 Å². The molecule has 1 fully saturated rings. The molecule has 1 aliphatic rings. The van der Waals surface area contributed by atoms with Crippen LogP contribution < -0.4 is 4.74 Å². The predicted molar refractivity (Wildman–Crippen MR) is 91.3 cm³/mol. The highest BCUT2D eigenvalue weighted by atomic mass is 32.2. The number of benzene rings is 1. The number of aryl methyl sites for hydroxylation is 1. The summed E-state index contributed by atoms with van der Waals surface area (Å²) >= 11 is 0. The highest BCUT2D eigenvalue weighted by Crippen LogP contribution is 2.30. The topological polar surface area (TPSA) is 76.8 Å². The summed E-state index contributed by atoms with van der Waals surface area (Å²) in [6.45, 7) is 4.13. The molecule has 1 unspecified atom stereocenters. The number of methoxy groups -OCH3 is 1. The van der Waals surface area contributed by atoms with E-state index in [0.717, 1.165) is 10.9 Å². The first-order valence-corrected chi connectivity index (χ1v) is 9.77. The monoisotopic (exact) mass is 351 g/mol. The molecule has 1 aromatic carbocycles. The zero-order valence-corrected chi connectivity index (χ0v) is 14.9. The summed E-state index contributed by atoms with van der Waals surface area (Å²) in [5, 5.41) is 0.827. The lowest BCUT2D eigenvalue weighted by Gasteiger charge is -2.26. The fourth-order valence-corrected chi connectivity index (χ4v) is 4.98. The van der Waals surface area contributed by atoms with Crippen LogP contribution in [0.3, 0.4) is 0 Å². The minimum absolute atomic E-state index is 0.0275. The summed E-state index contributed by atoms with van der Waals surface area (Å²) in [6, 6.07) is 5.10. The molecule has 0 N–H and O–H groups in total. The molecule has 0 radical (unpaired) electrons. The van der Waals surface area contributed by atoms with Crippen molar-refractivity contribution in [2.45, 2.75) is 26.3 Å². The van der Waals surface area contributed by atoms with Crippen molar-refractivity contribution in [3.05, 3.63) is 29.5 Å². The Labute approximate surface area is 141 Å². The van der Waals surface area contributed by atoms with Crippen LogP contribution in [0.15, 0.2) is 22.6 Å². The minimum atomic E-state index is -3.05. The van der Waals surface area contributed by atoms with E-state index >= 15 is 0 Å². The van der Waals surface area contributed by atoms with E-state index in [4.69, 9.17) is 9.15 Å². The summed E-state index contributed by atoms with van der Waals surface area (Å²) in [4.78, 5) is 14.5. The number of carbonyl (C=O) groups excluding carboxylic acids is 1. The van der Waals surface area contributed by atoms with Gasteiger partial charge in [0.2, 0.25) is 0 Å². The first-order chi connectivity index (χ1) is 11.4. The summed E-state index contributed by atoms with van der Waals surface area (Å²) < 4.78 is 34.4. The number of nitrogens with zero attached hydrogens (tertiary/aromatic N) is 1. The van der Waals surface area contributed by atoms with Crippen LogP contribution in [0.1, 0.15) is 29.5 Å². The lowest BCUT2D eigenvalue weighted by molar-refractivity contribution is 0.0677. The number of carbonyl (C=O) groups is 1. The smallest absolute Gasteiger partial charge is 0.290 e. The van der Waals surface area contributed by atoms with Crippen molar-refractivity contribution in [3.63, 3.8) is 0 Å². The zero-order valence-electron chi connectivity index (χ0n) is 14.0. The van der Waals surface area contributed by atoms with E-state index in [0.29, 0.717) is 24.3 Å². The molecule has 1 amide bonds. The molecule has 3 rings (SSSR count). The Bertz CT molecular complexity index is 884. The molecule has 130 valence electrons. The van der Waals surface area contributed by atoms with Gasteiger partial charge in [-0.3, -0.25) is 4.79 Å². The molecule has 6 nitrogen and oxygen atoms in total. The van der Waals surface area contributed by atoms with Gasteiger partial charge < -0.3 is 14.1 Å². The molecule has 1 aromatic heterocycles. The first kappa shape index (κ1) is 16.8. The second-order valence-electron chi connectivity index (χ2n) is 6.07. The van der Waals surface area contributed by atoms with E-state index in [9.17, 15) is 13.2 Å². The van der Waals surface area contributed by atoms with Crippen molar-refractivity contribution in [1.29, 1.82) is 0 Å². The fourth-order valence-electron chi connectivity index (χ4n) is 3.25. The van der Waals surface area contributed by atoms with E-state index in [2.05, 4.69) is 0 Å². The van der Waals surface area contributed by atoms with E-state index < -0.39 is 9.84 Å². The van der Waals surface area contributed by atoms with Gasteiger partial charge in [-0.05, 0) is 38.5 Å². The molecule has 1 atom stereocenters. The van der Waals surface area contributed by atoms with Gasteiger partial charge in [0, 0.05) is 23.5 Å². The van der Waals surface area contributed by atoms with Gasteiger partial charge in [-0.2, -0.15) is 0 Å². The Kier molecular flexibility index (Phi) is 4.29. The molecule has 1 saturated heterocycles. The quantitative estimate of drug-likeness (QED) is 0.845. The minimum Gasteiger partial charge on any atom is -0.497 e. The molecule has 0 bridgehead atoms. The maximum Gasteiger partial charge on any atom is 0.290 e. The normalized spacial score (nSPS) is 19.5. The number of amides is 1. The third kappa shape index (κ3) is 2.88. The second-order valence-corrected chi connectivity index (χ2v) is 8.30. The maximum absolute atomic E-state index is 12.9. The van der Waals surface area contributed by atoms with E-state index in [1.165, 1.54) is 0 Å². The largest absolute Gasteiger partial charge is 0.497 e. The van der Waals surface area contributed by atoms with Crippen LogP contribution >= 0.6 is 0 Å². The molecule has 0 saturated carbocycles. The van der Waals surface area contributed by atoms with Gasteiger partial charge in [-0.15, -0.1) is 0 Å². The number of hydrogen-bond donors (Lipinski definition) is 0. The van der Waals surface area contributed by atoms with Crippen molar-refractivity contribution in [3.8, 4) is 5.75 Å². The third-order valence-electron chi connectivity index (χ3n) is 4.59. The molecular formula is C17H21NO5S. The van der Waals surface area contributed by atoms with E-state index in [1.54, 1.807) is 24.1 Å². The number of furan rings is 1. The van der Waals surface area contributed by atoms with E-state index in [-0.39, 0.29) is 29.2 Å². The number of hydrogen-bond acceptors (Lipinski definition) is 5. The van der Waals surface area contributed by atoms with Gasteiger partial charge in [0.05, 0.1) is 18.6 Å². The fraction of sp³-hybridized carbons (Fsp3) is 0.471. The Morgan fingerprint density at radius 3 is 2.75 bits per heavy atom. The SMILES string of the molecule is CCN(C(=O)c1oc2ccc(OC)cc2c1C)C1CCS(=O)(=O)C1. The number of sulfone groups is 1. The third-order valence-corrected chi connectivity index (χ3v) is 6.34. The maximum atomic E-state index is 12.9. The predicted octanol–water partition coefficient (Wildman–Crippen LogP) is 2.40. The average molecular weight is 351 g/mol. The Hall–Kier alpha value is -2.02. The first-order valence-electron chi connectivity index (χ1n) is 7.95. The molecule has 2 aromatic rings. The Morgan fingerprint density at radius 2 is 2.17 bits per heavy atom. The van der Waals surface area contributed by atoms with Crippen LogP contribution in [0.4, 0.5) is 0 Å². The molecule has 0 spiro atoms. The number of fused-ring (bicyclic) bond motifs is 1. The summed E-state index contributed by atoms with van der Waals surface area (Å²) in [5.41, 5.74) is 1.36. The lowest BCUT2D eigenvalue weighted by atomic mass is 10.1. The molecule has 2 heterocycles. The van der Waals surface area contributed by atoms with Crippen molar-refractivity contribution in [2.24, 2.45) is 0 Å². The highest BCUT2D eigenvalue weighted by molar-refractivity contribution is 7.91. The van der Waals surface area contributed by atoms with Gasteiger partial charge in [-0.1, -0.05) is 0 Å². The number of rotatable bonds is 4. The van der Waals surface area contributed by atoms with Gasteiger partial charge >= 0.3 is 0 Å². The lowest BCUT2D eigenvalue weighted by Crippen LogP contribution is -2.41. The molecule has 7 heteroatoms. The molecular weight excluding hydrogens is 330 g/mol. The Balaban J connectivity index is 1.96. The summed E-state index contributed by atoms with van der Waals surface area (Å²) in [5.74, 6) is 0.869. The summed E-state index contributed by atoms with van der Waals surface area (Å²) in [7, 11) is -1.47. The number of ether oxygens (including phenoxy) is 1. The molecule has 24 heavy (non-hydrogen) atoms. The van der Waals surface area contributed by atoms with Crippen LogP contribution in [-0.2, 0) is 9.84 Å². The van der Waals surface area contributed by atoms with Crippen LogP contribution in [0.2, 0.25) is 0 Å². The standard InChI is InChI=1S/C17H21NO5S/c1-4-18(12-7-8-24(20,21)10-12)17(19)16-11(2)14-9-13(22-3)5-6-15(14)23-16/h5-6,9,12H,4,7-8,10H2,1-3H3. The molecule has 0 aliphatic carbocycles. The van der Waals surface area contributed by atoms with Gasteiger partial charge in [-0.25, -0.2) is 8.42 Å². The highest BCUT2D eigenvalue weighted by Gasteiger charge is 2.35. The van der Waals surface area contributed by atoms with Crippen molar-refractivity contribution < 1.29 is 22.4 Å². The van der Waals surface area contributed by atoms with Crippen LogP contribution in [0, 0.1) is 6.92 Å². The summed E-state index contributed by atoms with van der Waals surface area (Å²) in [6.07, 6.45) is 0.481. The second kappa shape index (κ2) is 6.12. The Morgan fingerprint density at radius 1 is 1.42 bits per heavy atom. The zero-order chi connectivity index (χ0) is 17.5.